The molecule has 1 aromatic rings. The molecule has 0 aromatic heterocycles. The lowest BCUT2D eigenvalue weighted by atomic mass is 10.1. The van der Waals surface area contributed by atoms with Crippen molar-refractivity contribution >= 4 is 15.5 Å². The van der Waals surface area contributed by atoms with E-state index in [1.165, 1.54) is 6.26 Å². The summed E-state index contributed by atoms with van der Waals surface area (Å²) in [5.41, 5.74) is 12.8. The molecule has 4 nitrogen and oxygen atoms in total. The van der Waals surface area contributed by atoms with Gasteiger partial charge in [0.05, 0.1) is 5.25 Å². The van der Waals surface area contributed by atoms with Crippen molar-refractivity contribution in [3.8, 4) is 0 Å². The van der Waals surface area contributed by atoms with Gasteiger partial charge in [-0.25, -0.2) is 8.42 Å². The van der Waals surface area contributed by atoms with E-state index in [2.05, 4.69) is 0 Å². The quantitative estimate of drug-likeness (QED) is 0.746. The molecule has 0 fully saturated rings. The Morgan fingerprint density at radius 3 is 2.07 bits per heavy atom. The standard InChI is InChI=1S/C10H16N2O2S/c1-7(15(2,13)14)10(12)8-3-5-9(11)6-4-8/h3-7,10H,11-12H2,1-2H3/t7-,10+/m1/s1. The van der Waals surface area contributed by atoms with Crippen LogP contribution in [-0.4, -0.2) is 19.9 Å². The zero-order valence-electron chi connectivity index (χ0n) is 8.84. The fraction of sp³-hybridized carbons (Fsp3) is 0.400. The first kappa shape index (κ1) is 12.0. The molecule has 0 heterocycles. The molecule has 0 saturated heterocycles. The number of hydrogen-bond acceptors (Lipinski definition) is 4. The number of hydrogen-bond donors (Lipinski definition) is 2. The monoisotopic (exact) mass is 228 g/mol. The van der Waals surface area contributed by atoms with Gasteiger partial charge in [-0.05, 0) is 24.6 Å². The lowest BCUT2D eigenvalue weighted by Crippen LogP contribution is -2.30. The highest BCUT2D eigenvalue weighted by atomic mass is 32.2. The van der Waals surface area contributed by atoms with Crippen molar-refractivity contribution in [3.63, 3.8) is 0 Å². The SMILES string of the molecule is C[C@H]([C@H](N)c1ccc(N)cc1)S(C)(=O)=O. The predicted octanol–water partition coefficient (Wildman–Crippen LogP) is 0.702. The first-order valence-corrected chi connectivity index (χ1v) is 6.57. The minimum absolute atomic E-state index is 0.513. The van der Waals surface area contributed by atoms with Crippen LogP contribution < -0.4 is 11.5 Å². The van der Waals surface area contributed by atoms with E-state index < -0.39 is 21.1 Å². The molecule has 4 N–H and O–H groups in total. The first-order valence-electron chi connectivity index (χ1n) is 4.62. The van der Waals surface area contributed by atoms with Crippen molar-refractivity contribution in [1.29, 1.82) is 0 Å². The highest BCUT2D eigenvalue weighted by molar-refractivity contribution is 7.91. The number of benzene rings is 1. The summed E-state index contributed by atoms with van der Waals surface area (Å²) < 4.78 is 22.6. The Hall–Kier alpha value is -1.07. The van der Waals surface area contributed by atoms with E-state index in [1.54, 1.807) is 31.2 Å². The summed E-state index contributed by atoms with van der Waals surface area (Å²) in [6, 6.07) is 6.41. The second-order valence-corrected chi connectivity index (χ2v) is 6.13. The molecule has 0 bridgehead atoms. The van der Waals surface area contributed by atoms with Crippen molar-refractivity contribution in [2.45, 2.75) is 18.2 Å². The molecule has 1 aromatic carbocycles. The minimum Gasteiger partial charge on any atom is -0.399 e. The fourth-order valence-corrected chi connectivity index (χ4v) is 1.95. The van der Waals surface area contributed by atoms with Crippen LogP contribution in [0.2, 0.25) is 0 Å². The van der Waals surface area contributed by atoms with Gasteiger partial charge in [0.1, 0.15) is 0 Å². The zero-order chi connectivity index (χ0) is 11.6. The van der Waals surface area contributed by atoms with Gasteiger partial charge < -0.3 is 11.5 Å². The molecule has 0 radical (unpaired) electrons. The van der Waals surface area contributed by atoms with E-state index in [0.717, 1.165) is 5.56 Å². The van der Waals surface area contributed by atoms with Crippen LogP contribution in [0.3, 0.4) is 0 Å². The van der Waals surface area contributed by atoms with Crippen LogP contribution in [-0.2, 0) is 9.84 Å². The number of rotatable bonds is 3. The Bertz CT molecular complexity index is 425. The highest BCUT2D eigenvalue weighted by Gasteiger charge is 2.23. The first-order chi connectivity index (χ1) is 6.82. The van der Waals surface area contributed by atoms with Crippen LogP contribution in [0.15, 0.2) is 24.3 Å². The lowest BCUT2D eigenvalue weighted by molar-refractivity contribution is 0.571. The van der Waals surface area contributed by atoms with Gasteiger partial charge in [0, 0.05) is 18.0 Å². The van der Waals surface area contributed by atoms with E-state index in [4.69, 9.17) is 11.5 Å². The van der Waals surface area contributed by atoms with E-state index in [9.17, 15) is 8.42 Å². The average molecular weight is 228 g/mol. The lowest BCUT2D eigenvalue weighted by Gasteiger charge is -2.18. The van der Waals surface area contributed by atoms with Crippen LogP contribution >= 0.6 is 0 Å². The third kappa shape index (κ3) is 2.94. The van der Waals surface area contributed by atoms with E-state index >= 15 is 0 Å². The van der Waals surface area contributed by atoms with Gasteiger partial charge in [-0.15, -0.1) is 0 Å². The molecular weight excluding hydrogens is 212 g/mol. The molecule has 0 aliphatic rings. The Labute approximate surface area is 90.2 Å². The molecule has 0 unspecified atom stereocenters. The van der Waals surface area contributed by atoms with Gasteiger partial charge in [-0.1, -0.05) is 12.1 Å². The minimum atomic E-state index is -3.12. The van der Waals surface area contributed by atoms with E-state index in [1.807, 2.05) is 0 Å². The summed E-state index contributed by atoms with van der Waals surface area (Å²) in [4.78, 5) is 0. The van der Waals surface area contributed by atoms with Crippen molar-refractivity contribution in [1.82, 2.24) is 0 Å². The number of nitrogens with two attached hydrogens (primary N) is 2. The molecule has 0 amide bonds. The van der Waals surface area contributed by atoms with Crippen LogP contribution in [0, 0.1) is 0 Å². The highest BCUT2D eigenvalue weighted by Crippen LogP contribution is 2.19. The Balaban J connectivity index is 2.95. The van der Waals surface area contributed by atoms with Crippen LogP contribution in [0.1, 0.15) is 18.5 Å². The second kappa shape index (κ2) is 4.20. The number of sulfone groups is 1. The molecule has 0 saturated carbocycles. The van der Waals surface area contributed by atoms with Gasteiger partial charge in [-0.2, -0.15) is 0 Å². The van der Waals surface area contributed by atoms with Crippen LogP contribution in [0.5, 0.6) is 0 Å². The number of nitrogen functional groups attached to an aromatic ring is 1. The Morgan fingerprint density at radius 2 is 1.67 bits per heavy atom. The molecule has 1 rings (SSSR count). The molecule has 2 atom stereocenters. The van der Waals surface area contributed by atoms with E-state index in [-0.39, 0.29) is 0 Å². The van der Waals surface area contributed by atoms with Crippen LogP contribution in [0.25, 0.3) is 0 Å². The second-order valence-electron chi connectivity index (χ2n) is 3.73. The normalized spacial score (nSPS) is 15.9. The summed E-state index contributed by atoms with van der Waals surface area (Å²) in [5.74, 6) is 0. The maximum atomic E-state index is 11.3. The molecular formula is C10H16N2O2S. The Morgan fingerprint density at radius 1 is 1.20 bits per heavy atom. The van der Waals surface area contributed by atoms with E-state index in [0.29, 0.717) is 5.69 Å². The van der Waals surface area contributed by atoms with Gasteiger partial charge in [0.2, 0.25) is 0 Å². The summed E-state index contributed by atoms with van der Waals surface area (Å²) in [6.07, 6.45) is 1.19. The number of anilines is 1. The summed E-state index contributed by atoms with van der Waals surface area (Å²) in [7, 11) is -3.12. The maximum absolute atomic E-state index is 11.3. The average Bonchev–Trinajstić information content (AvgIpc) is 2.15. The predicted molar refractivity (Wildman–Crippen MR) is 62.1 cm³/mol. The van der Waals surface area contributed by atoms with Gasteiger partial charge >= 0.3 is 0 Å². The third-order valence-corrected chi connectivity index (χ3v) is 4.15. The third-order valence-electron chi connectivity index (χ3n) is 2.50. The van der Waals surface area contributed by atoms with Crippen molar-refractivity contribution in [2.24, 2.45) is 5.73 Å². The van der Waals surface area contributed by atoms with Gasteiger partial charge in [0.15, 0.2) is 9.84 Å². The summed E-state index contributed by atoms with van der Waals surface area (Å²) >= 11 is 0. The van der Waals surface area contributed by atoms with Gasteiger partial charge in [0.25, 0.3) is 0 Å². The molecule has 0 spiro atoms. The largest absolute Gasteiger partial charge is 0.399 e. The smallest absolute Gasteiger partial charge is 0.151 e. The topological polar surface area (TPSA) is 86.2 Å². The molecule has 0 aliphatic heterocycles. The van der Waals surface area contributed by atoms with Crippen LogP contribution in [0.4, 0.5) is 5.69 Å². The van der Waals surface area contributed by atoms with Crippen molar-refractivity contribution in [3.05, 3.63) is 29.8 Å². The van der Waals surface area contributed by atoms with Gasteiger partial charge in [-0.3, -0.25) is 0 Å². The molecule has 5 heteroatoms. The molecule has 84 valence electrons. The molecule has 15 heavy (non-hydrogen) atoms. The van der Waals surface area contributed by atoms with Crippen molar-refractivity contribution in [2.75, 3.05) is 12.0 Å². The summed E-state index contributed by atoms with van der Waals surface area (Å²) in [5, 5.41) is -0.596. The van der Waals surface area contributed by atoms with Crippen molar-refractivity contribution < 1.29 is 8.42 Å². The fourth-order valence-electron chi connectivity index (χ4n) is 1.26. The maximum Gasteiger partial charge on any atom is 0.151 e. The Kier molecular flexibility index (Phi) is 3.36. The zero-order valence-corrected chi connectivity index (χ0v) is 9.66. The molecule has 0 aliphatic carbocycles. The summed E-state index contributed by atoms with van der Waals surface area (Å²) in [6.45, 7) is 1.61.